The third-order valence-corrected chi connectivity index (χ3v) is 3.00. The van der Waals surface area contributed by atoms with Crippen LogP contribution in [0.25, 0.3) is 0 Å². The van der Waals surface area contributed by atoms with Crippen LogP contribution in [0, 0.1) is 0 Å². The molecule has 0 radical (unpaired) electrons. The number of hydrogen-bond donors (Lipinski definition) is 3. The molecule has 106 valence electrons. The summed E-state index contributed by atoms with van der Waals surface area (Å²) >= 11 is 0. The normalized spacial score (nSPS) is 10.4. The van der Waals surface area contributed by atoms with Crippen molar-refractivity contribution in [1.82, 2.24) is 4.98 Å². The van der Waals surface area contributed by atoms with E-state index in [0.29, 0.717) is 5.82 Å². The van der Waals surface area contributed by atoms with Gasteiger partial charge in [0.05, 0.1) is 17.4 Å². The van der Waals surface area contributed by atoms with Crippen LogP contribution in [0.5, 0.6) is 0 Å². The summed E-state index contributed by atoms with van der Waals surface area (Å²) < 4.78 is 0. The fourth-order valence-electron chi connectivity index (χ4n) is 1.87. The third kappa shape index (κ3) is 5.59. The first kappa shape index (κ1) is 15.3. The van der Waals surface area contributed by atoms with Crippen molar-refractivity contribution in [2.45, 2.75) is 45.4 Å². The van der Waals surface area contributed by atoms with Crippen molar-refractivity contribution in [1.29, 1.82) is 0 Å². The summed E-state index contributed by atoms with van der Waals surface area (Å²) in [6.07, 6.45) is 8.74. The van der Waals surface area contributed by atoms with E-state index in [9.17, 15) is 4.79 Å². The minimum Gasteiger partial charge on any atom is -0.478 e. The number of unbranched alkanes of at least 4 members (excludes halogenated alkanes) is 5. The number of anilines is 2. The molecule has 1 heterocycles. The molecule has 1 rings (SSSR count). The minimum atomic E-state index is -1.03. The summed E-state index contributed by atoms with van der Waals surface area (Å²) in [7, 11) is 0. The lowest BCUT2D eigenvalue weighted by atomic mass is 10.1. The van der Waals surface area contributed by atoms with Crippen LogP contribution in [-0.2, 0) is 0 Å². The number of carboxylic acid groups (broad SMARTS) is 1. The Labute approximate surface area is 114 Å². The molecule has 0 aliphatic carbocycles. The molecular formula is C14H23N3O2. The van der Waals surface area contributed by atoms with Gasteiger partial charge >= 0.3 is 5.97 Å². The molecule has 0 saturated heterocycles. The molecule has 4 N–H and O–H groups in total. The first-order valence-electron chi connectivity index (χ1n) is 6.87. The van der Waals surface area contributed by atoms with Crippen LogP contribution in [0.1, 0.15) is 55.8 Å². The highest BCUT2D eigenvalue weighted by Gasteiger charge is 2.09. The second-order valence-electron chi connectivity index (χ2n) is 4.66. The van der Waals surface area contributed by atoms with E-state index >= 15 is 0 Å². The highest BCUT2D eigenvalue weighted by atomic mass is 16.4. The lowest BCUT2D eigenvalue weighted by molar-refractivity contribution is 0.0698. The number of pyridine rings is 1. The molecule has 0 bridgehead atoms. The van der Waals surface area contributed by atoms with Gasteiger partial charge in [-0.05, 0) is 12.5 Å². The Kier molecular flexibility index (Phi) is 6.71. The van der Waals surface area contributed by atoms with E-state index in [4.69, 9.17) is 10.8 Å². The Bertz CT molecular complexity index is 408. The molecular weight excluding hydrogens is 242 g/mol. The van der Waals surface area contributed by atoms with Gasteiger partial charge in [-0.3, -0.25) is 0 Å². The van der Waals surface area contributed by atoms with Gasteiger partial charge in [-0.2, -0.15) is 0 Å². The molecule has 0 saturated carbocycles. The number of nitrogens with zero attached hydrogens (tertiary/aromatic N) is 1. The average molecular weight is 265 g/mol. The number of aromatic carboxylic acids is 1. The van der Waals surface area contributed by atoms with E-state index in [-0.39, 0.29) is 11.3 Å². The number of aromatic nitrogens is 1. The number of nitrogen functional groups attached to an aromatic ring is 1. The van der Waals surface area contributed by atoms with Crippen LogP contribution in [0.4, 0.5) is 11.5 Å². The number of hydrogen-bond acceptors (Lipinski definition) is 4. The molecule has 0 fully saturated rings. The molecule has 0 amide bonds. The molecule has 0 spiro atoms. The van der Waals surface area contributed by atoms with E-state index in [0.717, 1.165) is 13.0 Å². The smallest absolute Gasteiger partial charge is 0.337 e. The Balaban J connectivity index is 2.30. The van der Waals surface area contributed by atoms with Gasteiger partial charge in [0.15, 0.2) is 0 Å². The van der Waals surface area contributed by atoms with Crippen LogP contribution in [-0.4, -0.2) is 22.6 Å². The largest absolute Gasteiger partial charge is 0.478 e. The second-order valence-corrected chi connectivity index (χ2v) is 4.66. The number of rotatable bonds is 9. The summed E-state index contributed by atoms with van der Waals surface area (Å²) in [5.41, 5.74) is 5.83. The number of carboxylic acids is 1. The van der Waals surface area contributed by atoms with Crippen molar-refractivity contribution in [3.05, 3.63) is 17.8 Å². The van der Waals surface area contributed by atoms with E-state index in [1.807, 2.05) is 0 Å². The van der Waals surface area contributed by atoms with Gasteiger partial charge in [-0.15, -0.1) is 0 Å². The zero-order valence-corrected chi connectivity index (χ0v) is 11.5. The first-order valence-corrected chi connectivity index (χ1v) is 6.87. The second kappa shape index (κ2) is 8.34. The molecule has 1 aromatic rings. The molecule has 0 unspecified atom stereocenters. The molecule has 5 nitrogen and oxygen atoms in total. The van der Waals surface area contributed by atoms with Gasteiger partial charge in [-0.1, -0.05) is 39.0 Å². The van der Waals surface area contributed by atoms with Gasteiger partial charge in [0.25, 0.3) is 0 Å². The van der Waals surface area contributed by atoms with Crippen molar-refractivity contribution >= 4 is 17.5 Å². The van der Waals surface area contributed by atoms with Gasteiger partial charge in [0.1, 0.15) is 5.82 Å². The number of nitrogens with one attached hydrogen (secondary N) is 1. The Morgan fingerprint density at radius 1 is 1.32 bits per heavy atom. The minimum absolute atomic E-state index is 0.0976. The molecule has 0 aliphatic heterocycles. The average Bonchev–Trinajstić information content (AvgIpc) is 2.39. The van der Waals surface area contributed by atoms with E-state index in [1.54, 1.807) is 0 Å². The molecule has 0 atom stereocenters. The van der Waals surface area contributed by atoms with Crippen LogP contribution in [0.2, 0.25) is 0 Å². The molecule has 5 heteroatoms. The van der Waals surface area contributed by atoms with Crippen LogP contribution in [0.3, 0.4) is 0 Å². The molecule has 0 aromatic carbocycles. The number of nitrogens with two attached hydrogens (primary N) is 1. The van der Waals surface area contributed by atoms with Crippen LogP contribution in [0.15, 0.2) is 12.3 Å². The summed E-state index contributed by atoms with van der Waals surface area (Å²) in [5, 5.41) is 12.1. The van der Waals surface area contributed by atoms with Crippen molar-refractivity contribution in [2.75, 3.05) is 17.6 Å². The Morgan fingerprint density at radius 2 is 2.00 bits per heavy atom. The zero-order chi connectivity index (χ0) is 14.1. The quantitative estimate of drug-likeness (QED) is 0.597. The lowest BCUT2D eigenvalue weighted by Gasteiger charge is -2.07. The predicted molar refractivity (Wildman–Crippen MR) is 77.5 cm³/mol. The zero-order valence-electron chi connectivity index (χ0n) is 11.5. The lowest BCUT2D eigenvalue weighted by Crippen LogP contribution is -2.08. The summed E-state index contributed by atoms with van der Waals surface area (Å²) in [6.45, 7) is 3.01. The predicted octanol–water partition coefficient (Wildman–Crippen LogP) is 3.13. The van der Waals surface area contributed by atoms with Crippen LogP contribution < -0.4 is 11.1 Å². The highest BCUT2D eigenvalue weighted by Crippen LogP contribution is 2.15. The van der Waals surface area contributed by atoms with E-state index < -0.39 is 5.97 Å². The maximum atomic E-state index is 10.9. The maximum absolute atomic E-state index is 10.9. The fourth-order valence-corrected chi connectivity index (χ4v) is 1.87. The highest BCUT2D eigenvalue weighted by molar-refractivity contribution is 5.94. The Morgan fingerprint density at radius 3 is 2.68 bits per heavy atom. The summed E-state index contributed by atoms with van der Waals surface area (Å²) in [4.78, 5) is 15.0. The van der Waals surface area contributed by atoms with Crippen molar-refractivity contribution in [2.24, 2.45) is 0 Å². The molecule has 19 heavy (non-hydrogen) atoms. The Hall–Kier alpha value is -1.78. The first-order chi connectivity index (χ1) is 9.15. The standard InChI is InChI=1S/C14H23N3O2/c1-2-3-4-5-6-7-8-16-13-9-11(14(18)19)12(15)10-17-13/h9-10H,2-8,15H2,1H3,(H,16,17)(H,18,19). The van der Waals surface area contributed by atoms with Crippen molar-refractivity contribution < 1.29 is 9.90 Å². The topological polar surface area (TPSA) is 88.2 Å². The van der Waals surface area contributed by atoms with Gasteiger partial charge in [0.2, 0.25) is 0 Å². The van der Waals surface area contributed by atoms with E-state index in [1.165, 1.54) is 44.4 Å². The fraction of sp³-hybridized carbons (Fsp3) is 0.571. The maximum Gasteiger partial charge on any atom is 0.337 e. The van der Waals surface area contributed by atoms with Crippen molar-refractivity contribution in [3.63, 3.8) is 0 Å². The third-order valence-electron chi connectivity index (χ3n) is 3.00. The van der Waals surface area contributed by atoms with Crippen LogP contribution >= 0.6 is 0 Å². The summed E-state index contributed by atoms with van der Waals surface area (Å²) in [6, 6.07) is 1.48. The number of carbonyl (C=O) groups is 1. The monoisotopic (exact) mass is 265 g/mol. The van der Waals surface area contributed by atoms with E-state index in [2.05, 4.69) is 17.2 Å². The van der Waals surface area contributed by atoms with Gasteiger partial charge < -0.3 is 16.2 Å². The molecule has 1 aromatic heterocycles. The SMILES string of the molecule is CCCCCCCCNc1cc(C(=O)O)c(N)cn1. The molecule has 0 aliphatic rings. The summed E-state index contributed by atoms with van der Waals surface area (Å²) in [5.74, 6) is -0.456. The van der Waals surface area contributed by atoms with Gasteiger partial charge in [-0.25, -0.2) is 9.78 Å². The van der Waals surface area contributed by atoms with Crippen molar-refractivity contribution in [3.8, 4) is 0 Å². The van der Waals surface area contributed by atoms with Gasteiger partial charge in [0, 0.05) is 6.54 Å².